The van der Waals surface area contributed by atoms with Gasteiger partial charge in [-0.1, -0.05) is 24.3 Å². The molecule has 0 atom stereocenters. The standard InChI is InChI=1S/C17H19N3O4/c1-17(2,3)20-16(23)19-14(21)10-24-15(22)13-9-8-11-6-4-5-7-12(11)18-13/h4-9H,10H2,1-3H3,(H2,19,20,21,23). The number of carbonyl (C=O) groups excluding carboxylic acids is 3. The van der Waals surface area contributed by atoms with E-state index < -0.39 is 30.1 Å². The highest BCUT2D eigenvalue weighted by atomic mass is 16.5. The number of nitrogens with one attached hydrogen (secondary N) is 2. The molecule has 0 aliphatic carbocycles. The van der Waals surface area contributed by atoms with Crippen molar-refractivity contribution in [1.82, 2.24) is 15.6 Å². The van der Waals surface area contributed by atoms with Crippen molar-refractivity contribution in [2.45, 2.75) is 26.3 Å². The average Bonchev–Trinajstić information content (AvgIpc) is 2.50. The highest BCUT2D eigenvalue weighted by molar-refractivity contribution is 5.97. The Bertz CT molecular complexity index is 781. The zero-order valence-corrected chi connectivity index (χ0v) is 13.8. The predicted molar refractivity (Wildman–Crippen MR) is 88.5 cm³/mol. The van der Waals surface area contributed by atoms with Crippen molar-refractivity contribution in [1.29, 1.82) is 0 Å². The van der Waals surface area contributed by atoms with Crippen molar-refractivity contribution < 1.29 is 19.1 Å². The van der Waals surface area contributed by atoms with Crippen LogP contribution in [0.3, 0.4) is 0 Å². The van der Waals surface area contributed by atoms with Crippen LogP contribution < -0.4 is 10.6 Å². The van der Waals surface area contributed by atoms with Gasteiger partial charge in [0.05, 0.1) is 5.52 Å². The second-order valence-corrected chi connectivity index (χ2v) is 6.22. The molecule has 2 aromatic rings. The van der Waals surface area contributed by atoms with Crippen LogP contribution in [0.4, 0.5) is 4.79 Å². The Morgan fingerprint density at radius 2 is 1.79 bits per heavy atom. The lowest BCUT2D eigenvalue weighted by Crippen LogP contribution is -2.49. The number of benzene rings is 1. The van der Waals surface area contributed by atoms with E-state index in [4.69, 9.17) is 4.74 Å². The summed E-state index contributed by atoms with van der Waals surface area (Å²) in [5.74, 6) is -1.45. The van der Waals surface area contributed by atoms with Crippen LogP contribution in [0.1, 0.15) is 31.3 Å². The van der Waals surface area contributed by atoms with Crippen LogP contribution in [0.25, 0.3) is 10.9 Å². The fraction of sp³-hybridized carbons (Fsp3) is 0.294. The Hall–Kier alpha value is -2.96. The Morgan fingerprint density at radius 3 is 2.50 bits per heavy atom. The lowest BCUT2D eigenvalue weighted by atomic mass is 10.1. The molecular formula is C17H19N3O4. The van der Waals surface area contributed by atoms with Crippen LogP contribution in [-0.2, 0) is 9.53 Å². The number of ether oxygens (including phenoxy) is 1. The van der Waals surface area contributed by atoms with Gasteiger partial charge in [-0.15, -0.1) is 0 Å². The van der Waals surface area contributed by atoms with E-state index in [1.54, 1.807) is 32.9 Å². The van der Waals surface area contributed by atoms with E-state index in [-0.39, 0.29) is 5.69 Å². The number of hydrogen-bond acceptors (Lipinski definition) is 5. The molecule has 24 heavy (non-hydrogen) atoms. The number of aromatic nitrogens is 1. The summed E-state index contributed by atoms with van der Waals surface area (Å²) in [5, 5.41) is 5.55. The molecule has 126 valence electrons. The summed E-state index contributed by atoms with van der Waals surface area (Å²) in [4.78, 5) is 39.3. The first-order valence-corrected chi connectivity index (χ1v) is 7.39. The van der Waals surface area contributed by atoms with E-state index >= 15 is 0 Å². The molecule has 1 aromatic carbocycles. The minimum Gasteiger partial charge on any atom is -0.451 e. The highest BCUT2D eigenvalue weighted by Gasteiger charge is 2.17. The van der Waals surface area contributed by atoms with Gasteiger partial charge in [0, 0.05) is 10.9 Å². The summed E-state index contributed by atoms with van der Waals surface area (Å²) in [6, 6.07) is 9.95. The van der Waals surface area contributed by atoms with Crippen molar-refractivity contribution in [3.8, 4) is 0 Å². The maximum absolute atomic E-state index is 11.9. The van der Waals surface area contributed by atoms with Gasteiger partial charge in [0.2, 0.25) is 0 Å². The van der Waals surface area contributed by atoms with E-state index in [0.29, 0.717) is 5.52 Å². The SMILES string of the molecule is CC(C)(C)NC(=O)NC(=O)COC(=O)c1ccc2ccccc2n1. The molecule has 0 spiro atoms. The zero-order chi connectivity index (χ0) is 17.7. The van der Waals surface area contributed by atoms with E-state index in [2.05, 4.69) is 15.6 Å². The number of imide groups is 1. The van der Waals surface area contributed by atoms with E-state index in [1.165, 1.54) is 6.07 Å². The highest BCUT2D eigenvalue weighted by Crippen LogP contribution is 2.12. The molecule has 0 aliphatic heterocycles. The number of pyridine rings is 1. The van der Waals surface area contributed by atoms with Crippen LogP contribution >= 0.6 is 0 Å². The topological polar surface area (TPSA) is 97.4 Å². The predicted octanol–water partition coefficient (Wildman–Crippen LogP) is 2.02. The molecule has 0 aliphatic rings. The Labute approximate surface area is 139 Å². The van der Waals surface area contributed by atoms with Gasteiger partial charge < -0.3 is 10.1 Å². The normalized spacial score (nSPS) is 11.0. The van der Waals surface area contributed by atoms with Gasteiger partial charge in [0.15, 0.2) is 6.61 Å². The second-order valence-electron chi connectivity index (χ2n) is 6.22. The van der Waals surface area contributed by atoms with Crippen molar-refractivity contribution in [3.05, 3.63) is 42.1 Å². The first kappa shape index (κ1) is 17.4. The Morgan fingerprint density at radius 1 is 1.08 bits per heavy atom. The molecule has 1 aromatic heterocycles. The third-order valence-electron chi connectivity index (χ3n) is 2.88. The number of urea groups is 1. The Balaban J connectivity index is 1.89. The van der Waals surface area contributed by atoms with E-state index in [9.17, 15) is 14.4 Å². The van der Waals surface area contributed by atoms with Gasteiger partial charge >= 0.3 is 12.0 Å². The quantitative estimate of drug-likeness (QED) is 0.840. The molecular weight excluding hydrogens is 310 g/mol. The molecule has 0 radical (unpaired) electrons. The van der Waals surface area contributed by atoms with Crippen molar-refractivity contribution >= 4 is 28.8 Å². The molecule has 2 rings (SSSR count). The molecule has 7 nitrogen and oxygen atoms in total. The van der Waals surface area contributed by atoms with Crippen LogP contribution in [0.15, 0.2) is 36.4 Å². The molecule has 0 fully saturated rings. The molecule has 2 N–H and O–H groups in total. The summed E-state index contributed by atoms with van der Waals surface area (Å²) in [6.07, 6.45) is 0. The monoisotopic (exact) mass is 329 g/mol. The maximum atomic E-state index is 11.9. The van der Waals surface area contributed by atoms with Crippen molar-refractivity contribution in [2.24, 2.45) is 0 Å². The van der Waals surface area contributed by atoms with Gasteiger partial charge in [-0.2, -0.15) is 0 Å². The largest absolute Gasteiger partial charge is 0.451 e. The number of carbonyl (C=O) groups is 3. The fourth-order valence-electron chi connectivity index (χ4n) is 1.92. The summed E-state index contributed by atoms with van der Waals surface area (Å²) in [7, 11) is 0. The van der Waals surface area contributed by atoms with Gasteiger partial charge in [-0.25, -0.2) is 14.6 Å². The molecule has 7 heteroatoms. The van der Waals surface area contributed by atoms with E-state index in [1.807, 2.05) is 18.2 Å². The smallest absolute Gasteiger partial charge is 0.357 e. The van der Waals surface area contributed by atoms with Crippen molar-refractivity contribution in [2.75, 3.05) is 6.61 Å². The first-order valence-electron chi connectivity index (χ1n) is 7.39. The number of para-hydroxylation sites is 1. The molecule has 0 unspecified atom stereocenters. The fourth-order valence-corrected chi connectivity index (χ4v) is 1.92. The maximum Gasteiger partial charge on any atom is 0.357 e. The summed E-state index contributed by atoms with van der Waals surface area (Å²) >= 11 is 0. The van der Waals surface area contributed by atoms with Gasteiger partial charge in [-0.3, -0.25) is 10.1 Å². The lowest BCUT2D eigenvalue weighted by molar-refractivity contribution is -0.123. The number of nitrogens with zero attached hydrogens (tertiary/aromatic N) is 1. The molecule has 1 heterocycles. The minimum atomic E-state index is -0.730. The van der Waals surface area contributed by atoms with Gasteiger partial charge in [0.1, 0.15) is 5.69 Å². The van der Waals surface area contributed by atoms with Gasteiger partial charge in [-0.05, 0) is 32.9 Å². The Kier molecular flexibility index (Phi) is 5.13. The zero-order valence-electron chi connectivity index (χ0n) is 13.8. The number of fused-ring (bicyclic) bond motifs is 1. The number of rotatable bonds is 3. The van der Waals surface area contributed by atoms with Crippen LogP contribution in [-0.4, -0.2) is 35.0 Å². The summed E-state index contributed by atoms with van der Waals surface area (Å²) in [6.45, 7) is 4.78. The van der Waals surface area contributed by atoms with Crippen LogP contribution in [0.2, 0.25) is 0 Å². The van der Waals surface area contributed by atoms with E-state index in [0.717, 1.165) is 5.39 Å². The molecule has 0 saturated heterocycles. The van der Waals surface area contributed by atoms with Crippen LogP contribution in [0.5, 0.6) is 0 Å². The van der Waals surface area contributed by atoms with Crippen molar-refractivity contribution in [3.63, 3.8) is 0 Å². The van der Waals surface area contributed by atoms with Gasteiger partial charge in [0.25, 0.3) is 5.91 Å². The lowest BCUT2D eigenvalue weighted by Gasteiger charge is -2.20. The number of esters is 1. The summed E-state index contributed by atoms with van der Waals surface area (Å²) in [5.41, 5.74) is 0.275. The third kappa shape index (κ3) is 5.05. The average molecular weight is 329 g/mol. The summed E-state index contributed by atoms with van der Waals surface area (Å²) < 4.78 is 4.88. The minimum absolute atomic E-state index is 0.0978. The number of amides is 3. The second kappa shape index (κ2) is 7.08. The number of hydrogen-bond donors (Lipinski definition) is 2. The van der Waals surface area contributed by atoms with Crippen LogP contribution in [0, 0.1) is 0 Å². The molecule has 0 saturated carbocycles. The third-order valence-corrected chi connectivity index (χ3v) is 2.88. The first-order chi connectivity index (χ1) is 11.2. The molecule has 3 amide bonds. The molecule has 0 bridgehead atoms.